The number of benzene rings is 1. The van der Waals surface area contributed by atoms with Crippen LogP contribution in [0.3, 0.4) is 0 Å². The second-order valence-electron chi connectivity index (χ2n) is 6.21. The average Bonchev–Trinajstić information content (AvgIpc) is 2.49. The van der Waals surface area contributed by atoms with Crippen LogP contribution in [0.25, 0.3) is 0 Å². The molecule has 2 amide bonds. The van der Waals surface area contributed by atoms with E-state index in [1.165, 1.54) is 0 Å². The maximum Gasteiger partial charge on any atom is 0.326 e. The van der Waals surface area contributed by atoms with Crippen molar-refractivity contribution in [2.24, 2.45) is 11.8 Å². The minimum Gasteiger partial charge on any atom is -0.480 e. The average molecular weight is 318 g/mol. The fourth-order valence-electron chi connectivity index (χ4n) is 2.71. The molecule has 0 radical (unpaired) electrons. The lowest BCUT2D eigenvalue weighted by molar-refractivity contribution is -0.143. The van der Waals surface area contributed by atoms with Crippen LogP contribution in [0.4, 0.5) is 5.69 Å². The molecule has 6 nitrogen and oxygen atoms in total. The molecule has 0 aliphatic carbocycles. The minimum absolute atomic E-state index is 0.0878. The highest BCUT2D eigenvalue weighted by atomic mass is 16.4. The van der Waals surface area contributed by atoms with Crippen molar-refractivity contribution in [2.75, 3.05) is 5.32 Å². The van der Waals surface area contributed by atoms with E-state index in [1.807, 2.05) is 24.3 Å². The number of para-hydroxylation sites is 1. The summed E-state index contributed by atoms with van der Waals surface area (Å²) in [5, 5.41) is 14.4. The van der Waals surface area contributed by atoms with Crippen LogP contribution in [-0.4, -0.2) is 28.9 Å². The number of hydrogen-bond acceptors (Lipinski definition) is 3. The lowest BCUT2D eigenvalue weighted by atomic mass is 9.89. The summed E-state index contributed by atoms with van der Waals surface area (Å²) in [6, 6.07) is 6.70. The van der Waals surface area contributed by atoms with E-state index < -0.39 is 12.0 Å². The molecule has 0 saturated heterocycles. The summed E-state index contributed by atoms with van der Waals surface area (Å²) in [7, 11) is 0. The van der Waals surface area contributed by atoms with Gasteiger partial charge in [0.2, 0.25) is 11.8 Å². The third kappa shape index (κ3) is 4.31. The molecular formula is C17H22N2O4. The van der Waals surface area contributed by atoms with Gasteiger partial charge in [-0.25, -0.2) is 4.79 Å². The fraction of sp³-hybridized carbons (Fsp3) is 0.471. The number of rotatable bonds is 6. The van der Waals surface area contributed by atoms with E-state index in [0.717, 1.165) is 11.3 Å². The summed E-state index contributed by atoms with van der Waals surface area (Å²) in [5.74, 6) is -1.93. The standard InChI is InChI=1S/C17H22N2O4/c1-10(2)15(17(22)23)19-14(20)8-7-12-9-11-5-3-4-6-13(11)18-16(12)21/h3-6,10,12,15H,7-9H2,1-2H3,(H,18,21)(H,19,20)(H,22,23). The van der Waals surface area contributed by atoms with Crippen molar-refractivity contribution in [1.29, 1.82) is 0 Å². The molecule has 2 rings (SSSR count). The Kier molecular flexibility index (Phi) is 5.36. The molecule has 1 aliphatic heterocycles. The summed E-state index contributed by atoms with van der Waals surface area (Å²) in [4.78, 5) is 35.1. The van der Waals surface area contributed by atoms with Crippen molar-refractivity contribution in [1.82, 2.24) is 5.32 Å². The number of carbonyl (C=O) groups is 3. The molecule has 124 valence electrons. The molecule has 2 unspecified atom stereocenters. The number of fused-ring (bicyclic) bond motifs is 1. The number of anilines is 1. The Hall–Kier alpha value is -2.37. The maximum atomic E-state index is 12.1. The number of carboxylic acids is 1. The number of nitrogens with one attached hydrogen (secondary N) is 2. The van der Waals surface area contributed by atoms with Gasteiger partial charge in [-0.05, 0) is 30.4 Å². The van der Waals surface area contributed by atoms with Crippen molar-refractivity contribution in [3.05, 3.63) is 29.8 Å². The zero-order chi connectivity index (χ0) is 17.0. The highest BCUT2D eigenvalue weighted by Crippen LogP contribution is 2.27. The predicted molar refractivity (Wildman–Crippen MR) is 85.9 cm³/mol. The Morgan fingerprint density at radius 2 is 2.04 bits per heavy atom. The maximum absolute atomic E-state index is 12.1. The van der Waals surface area contributed by atoms with Gasteiger partial charge in [0.15, 0.2) is 0 Å². The van der Waals surface area contributed by atoms with Crippen LogP contribution in [0.1, 0.15) is 32.3 Å². The zero-order valence-electron chi connectivity index (χ0n) is 13.3. The molecule has 1 heterocycles. The molecule has 1 aromatic rings. The number of hydrogen-bond donors (Lipinski definition) is 3. The molecule has 0 bridgehead atoms. The summed E-state index contributed by atoms with van der Waals surface area (Å²) < 4.78 is 0. The number of carboxylic acid groups (broad SMARTS) is 1. The van der Waals surface area contributed by atoms with Gasteiger partial charge in [0.25, 0.3) is 0 Å². The summed E-state index contributed by atoms with van der Waals surface area (Å²) in [5.41, 5.74) is 1.88. The highest BCUT2D eigenvalue weighted by Gasteiger charge is 2.28. The van der Waals surface area contributed by atoms with Gasteiger partial charge in [-0.1, -0.05) is 32.0 Å². The molecule has 6 heteroatoms. The van der Waals surface area contributed by atoms with Crippen LogP contribution in [-0.2, 0) is 20.8 Å². The molecule has 0 aromatic heterocycles. The van der Waals surface area contributed by atoms with E-state index in [1.54, 1.807) is 13.8 Å². The topological polar surface area (TPSA) is 95.5 Å². The molecule has 0 spiro atoms. The molecule has 0 fully saturated rings. The summed E-state index contributed by atoms with van der Waals surface area (Å²) in [6.45, 7) is 3.48. The fourth-order valence-corrected chi connectivity index (χ4v) is 2.71. The second-order valence-corrected chi connectivity index (χ2v) is 6.21. The van der Waals surface area contributed by atoms with Crippen LogP contribution in [0.5, 0.6) is 0 Å². The second kappa shape index (κ2) is 7.26. The van der Waals surface area contributed by atoms with Gasteiger partial charge in [-0.2, -0.15) is 0 Å². The quantitative estimate of drug-likeness (QED) is 0.745. The van der Waals surface area contributed by atoms with Crippen molar-refractivity contribution >= 4 is 23.5 Å². The third-order valence-corrected chi connectivity index (χ3v) is 4.08. The summed E-state index contributed by atoms with van der Waals surface area (Å²) >= 11 is 0. The van der Waals surface area contributed by atoms with E-state index in [2.05, 4.69) is 10.6 Å². The van der Waals surface area contributed by atoms with Gasteiger partial charge in [-0.3, -0.25) is 9.59 Å². The molecule has 3 N–H and O–H groups in total. The first-order valence-corrected chi connectivity index (χ1v) is 7.79. The normalized spacial score (nSPS) is 18.0. The number of carbonyl (C=O) groups excluding carboxylic acids is 2. The SMILES string of the molecule is CC(C)C(NC(=O)CCC1Cc2ccccc2NC1=O)C(=O)O. The van der Waals surface area contributed by atoms with Gasteiger partial charge in [0, 0.05) is 18.0 Å². The molecule has 0 saturated carbocycles. The van der Waals surface area contributed by atoms with Crippen LogP contribution >= 0.6 is 0 Å². The molecule has 23 heavy (non-hydrogen) atoms. The van der Waals surface area contributed by atoms with Crippen molar-refractivity contribution in [2.45, 2.75) is 39.2 Å². The zero-order valence-corrected chi connectivity index (χ0v) is 13.3. The smallest absolute Gasteiger partial charge is 0.326 e. The first-order valence-electron chi connectivity index (χ1n) is 7.79. The van der Waals surface area contributed by atoms with E-state index in [0.29, 0.717) is 12.8 Å². The Bertz CT molecular complexity index is 612. The summed E-state index contributed by atoms with van der Waals surface area (Å²) in [6.07, 6.45) is 1.13. The highest BCUT2D eigenvalue weighted by molar-refractivity contribution is 5.96. The van der Waals surface area contributed by atoms with Gasteiger partial charge in [0.1, 0.15) is 6.04 Å². The lowest BCUT2D eigenvalue weighted by Crippen LogP contribution is -2.44. The van der Waals surface area contributed by atoms with Crippen LogP contribution in [0.15, 0.2) is 24.3 Å². The molecule has 1 aromatic carbocycles. The van der Waals surface area contributed by atoms with Gasteiger partial charge >= 0.3 is 5.97 Å². The lowest BCUT2D eigenvalue weighted by Gasteiger charge is -2.24. The Labute approximate surface area is 135 Å². The minimum atomic E-state index is -1.04. The van der Waals surface area contributed by atoms with Crippen molar-refractivity contribution < 1.29 is 19.5 Å². The van der Waals surface area contributed by atoms with E-state index in [4.69, 9.17) is 5.11 Å². The number of amides is 2. The first kappa shape index (κ1) is 17.0. The van der Waals surface area contributed by atoms with Gasteiger partial charge in [0.05, 0.1) is 0 Å². The predicted octanol–water partition coefficient (Wildman–Crippen LogP) is 1.80. The molecule has 2 atom stereocenters. The largest absolute Gasteiger partial charge is 0.480 e. The van der Waals surface area contributed by atoms with E-state index in [-0.39, 0.29) is 30.1 Å². The van der Waals surface area contributed by atoms with Crippen LogP contribution in [0.2, 0.25) is 0 Å². The van der Waals surface area contributed by atoms with Crippen LogP contribution < -0.4 is 10.6 Å². The van der Waals surface area contributed by atoms with Gasteiger partial charge < -0.3 is 15.7 Å². The van der Waals surface area contributed by atoms with E-state index >= 15 is 0 Å². The Balaban J connectivity index is 1.90. The van der Waals surface area contributed by atoms with Gasteiger partial charge in [-0.15, -0.1) is 0 Å². The van der Waals surface area contributed by atoms with E-state index in [9.17, 15) is 14.4 Å². The third-order valence-electron chi connectivity index (χ3n) is 4.08. The van der Waals surface area contributed by atoms with Crippen LogP contribution in [0, 0.1) is 11.8 Å². The van der Waals surface area contributed by atoms with Crippen molar-refractivity contribution in [3.8, 4) is 0 Å². The first-order chi connectivity index (χ1) is 10.9. The Morgan fingerprint density at radius 1 is 1.35 bits per heavy atom. The molecular weight excluding hydrogens is 296 g/mol. The van der Waals surface area contributed by atoms with Crippen molar-refractivity contribution in [3.63, 3.8) is 0 Å². The Morgan fingerprint density at radius 3 is 2.70 bits per heavy atom. The number of aliphatic carboxylic acids is 1. The molecule has 1 aliphatic rings. The monoisotopic (exact) mass is 318 g/mol.